The van der Waals surface area contributed by atoms with Crippen molar-refractivity contribution >= 4 is 5.91 Å². The average Bonchev–Trinajstić information content (AvgIpc) is 3.10. The van der Waals surface area contributed by atoms with Gasteiger partial charge in [0.1, 0.15) is 0 Å². The summed E-state index contributed by atoms with van der Waals surface area (Å²) in [5, 5.41) is 18.1. The van der Waals surface area contributed by atoms with Gasteiger partial charge in [0.25, 0.3) is 0 Å². The van der Waals surface area contributed by atoms with Gasteiger partial charge in [0.15, 0.2) is 0 Å². The molecule has 0 radical (unpaired) electrons. The molecular weight excluding hydrogens is 302 g/mol. The summed E-state index contributed by atoms with van der Waals surface area (Å²) < 4.78 is 1.94. The number of aromatic nitrogens is 2. The lowest BCUT2D eigenvalue weighted by atomic mass is 9.89. The van der Waals surface area contributed by atoms with E-state index in [9.17, 15) is 9.90 Å². The van der Waals surface area contributed by atoms with E-state index < -0.39 is 5.60 Å². The number of rotatable bonds is 5. The fraction of sp³-hybridized carbons (Fsp3) is 0.474. The molecule has 1 heterocycles. The molecule has 1 aromatic carbocycles. The van der Waals surface area contributed by atoms with Gasteiger partial charge in [-0.15, -0.1) is 0 Å². The lowest BCUT2D eigenvalue weighted by Crippen LogP contribution is -2.45. The molecule has 3 unspecified atom stereocenters. The lowest BCUT2D eigenvalue weighted by Gasteiger charge is -2.33. The Kier molecular flexibility index (Phi) is 5.00. The minimum Gasteiger partial charge on any atom is -0.385 e. The third-order valence-electron chi connectivity index (χ3n) is 4.84. The van der Waals surface area contributed by atoms with Crippen molar-refractivity contribution in [2.45, 2.75) is 56.7 Å². The Morgan fingerprint density at radius 2 is 2.04 bits per heavy atom. The molecule has 2 N–H and O–H groups in total. The van der Waals surface area contributed by atoms with Gasteiger partial charge in [-0.2, -0.15) is 5.10 Å². The summed E-state index contributed by atoms with van der Waals surface area (Å²) in [4.78, 5) is 12.5. The van der Waals surface area contributed by atoms with Crippen LogP contribution in [-0.4, -0.2) is 26.8 Å². The molecule has 0 aliphatic heterocycles. The van der Waals surface area contributed by atoms with E-state index in [0.29, 0.717) is 0 Å². The molecule has 0 saturated heterocycles. The van der Waals surface area contributed by atoms with Crippen LogP contribution in [0.3, 0.4) is 0 Å². The molecule has 2 aromatic rings. The maximum absolute atomic E-state index is 12.5. The van der Waals surface area contributed by atoms with Gasteiger partial charge in [-0.1, -0.05) is 43.2 Å². The fourth-order valence-corrected chi connectivity index (χ4v) is 3.54. The highest BCUT2D eigenvalue weighted by Crippen LogP contribution is 2.29. The van der Waals surface area contributed by atoms with Crippen molar-refractivity contribution in [3.8, 4) is 0 Å². The Morgan fingerprint density at radius 3 is 2.75 bits per heavy atom. The van der Waals surface area contributed by atoms with E-state index in [-0.39, 0.29) is 24.4 Å². The number of carbonyl (C=O) groups excluding carboxylic acids is 1. The zero-order valence-corrected chi connectivity index (χ0v) is 14.1. The van der Waals surface area contributed by atoms with Gasteiger partial charge in [0, 0.05) is 12.4 Å². The maximum atomic E-state index is 12.5. The van der Waals surface area contributed by atoms with E-state index in [4.69, 9.17) is 0 Å². The second-order valence-electron chi connectivity index (χ2n) is 6.83. The highest BCUT2D eigenvalue weighted by molar-refractivity contribution is 5.77. The molecule has 1 amide bonds. The minimum atomic E-state index is -1.17. The van der Waals surface area contributed by atoms with E-state index in [1.54, 1.807) is 13.1 Å². The van der Waals surface area contributed by atoms with Crippen LogP contribution in [0.5, 0.6) is 0 Å². The zero-order valence-electron chi connectivity index (χ0n) is 14.1. The van der Waals surface area contributed by atoms with E-state index in [0.717, 1.165) is 31.2 Å². The van der Waals surface area contributed by atoms with Gasteiger partial charge >= 0.3 is 0 Å². The molecule has 1 aromatic heterocycles. The fourth-order valence-electron chi connectivity index (χ4n) is 3.54. The van der Waals surface area contributed by atoms with Crippen LogP contribution in [0.4, 0.5) is 0 Å². The van der Waals surface area contributed by atoms with Crippen molar-refractivity contribution in [2.24, 2.45) is 0 Å². The normalized spacial score (nSPS) is 23.4. The number of nitrogens with one attached hydrogen (secondary N) is 1. The number of aliphatic hydroxyl groups is 1. The first-order valence-corrected chi connectivity index (χ1v) is 8.63. The summed E-state index contributed by atoms with van der Waals surface area (Å²) in [7, 11) is 0. The molecule has 3 atom stereocenters. The van der Waals surface area contributed by atoms with Gasteiger partial charge < -0.3 is 10.4 Å². The summed E-state index contributed by atoms with van der Waals surface area (Å²) in [6, 6.07) is 11.5. The first-order valence-electron chi connectivity index (χ1n) is 8.63. The SMILES string of the molecule is CC(O)(CC(=O)NC1CCCCC1n1cccn1)c1ccccc1. The number of nitrogens with zero attached hydrogens (tertiary/aromatic N) is 2. The second-order valence-corrected chi connectivity index (χ2v) is 6.83. The van der Waals surface area contributed by atoms with Gasteiger partial charge in [-0.3, -0.25) is 9.48 Å². The molecule has 1 aliphatic carbocycles. The Bertz CT molecular complexity index is 653. The predicted octanol–water partition coefficient (Wildman–Crippen LogP) is 2.78. The summed E-state index contributed by atoms with van der Waals surface area (Å²) in [5.41, 5.74) is -0.409. The Morgan fingerprint density at radius 1 is 1.29 bits per heavy atom. The van der Waals surface area contributed by atoms with Gasteiger partial charge in [0.05, 0.1) is 24.1 Å². The van der Waals surface area contributed by atoms with Crippen molar-refractivity contribution in [3.63, 3.8) is 0 Å². The van der Waals surface area contributed by atoms with E-state index >= 15 is 0 Å². The minimum absolute atomic E-state index is 0.0549. The van der Waals surface area contributed by atoms with Crippen molar-refractivity contribution in [3.05, 3.63) is 54.4 Å². The third-order valence-corrected chi connectivity index (χ3v) is 4.84. The Labute approximate surface area is 142 Å². The molecule has 0 bridgehead atoms. The molecule has 0 spiro atoms. The molecule has 5 heteroatoms. The molecule has 5 nitrogen and oxygen atoms in total. The maximum Gasteiger partial charge on any atom is 0.223 e. The molecular formula is C19H25N3O2. The number of hydrogen-bond acceptors (Lipinski definition) is 3. The van der Waals surface area contributed by atoms with Crippen molar-refractivity contribution in [2.75, 3.05) is 0 Å². The van der Waals surface area contributed by atoms with Gasteiger partial charge in [0.2, 0.25) is 5.91 Å². The van der Waals surface area contributed by atoms with Gasteiger partial charge in [-0.25, -0.2) is 0 Å². The van der Waals surface area contributed by atoms with Crippen LogP contribution in [0.2, 0.25) is 0 Å². The number of amides is 1. The topological polar surface area (TPSA) is 67.2 Å². The highest BCUT2D eigenvalue weighted by atomic mass is 16.3. The smallest absolute Gasteiger partial charge is 0.223 e. The molecule has 24 heavy (non-hydrogen) atoms. The summed E-state index contributed by atoms with van der Waals surface area (Å²) >= 11 is 0. The van der Waals surface area contributed by atoms with Gasteiger partial charge in [-0.05, 0) is 31.4 Å². The van der Waals surface area contributed by atoms with E-state index in [1.807, 2.05) is 47.3 Å². The van der Waals surface area contributed by atoms with Crippen molar-refractivity contribution < 1.29 is 9.90 Å². The quantitative estimate of drug-likeness (QED) is 0.887. The van der Waals surface area contributed by atoms with Crippen LogP contribution in [0.25, 0.3) is 0 Å². The number of benzene rings is 1. The summed E-state index contributed by atoms with van der Waals surface area (Å²) in [5.74, 6) is -0.118. The van der Waals surface area contributed by atoms with Crippen LogP contribution in [0.1, 0.15) is 50.6 Å². The van der Waals surface area contributed by atoms with Crippen LogP contribution in [-0.2, 0) is 10.4 Å². The van der Waals surface area contributed by atoms with Crippen LogP contribution >= 0.6 is 0 Å². The molecule has 1 fully saturated rings. The highest BCUT2D eigenvalue weighted by Gasteiger charge is 2.31. The van der Waals surface area contributed by atoms with Crippen LogP contribution in [0, 0.1) is 0 Å². The van der Waals surface area contributed by atoms with E-state index in [1.165, 1.54) is 0 Å². The standard InChI is InChI=1S/C19H25N3O2/c1-19(24,15-8-3-2-4-9-15)14-18(23)21-16-10-5-6-11-17(16)22-13-7-12-20-22/h2-4,7-9,12-13,16-17,24H,5-6,10-11,14H2,1H3,(H,21,23). The summed E-state index contributed by atoms with van der Waals surface area (Å²) in [6.07, 6.45) is 8.00. The number of hydrogen-bond donors (Lipinski definition) is 2. The number of carbonyl (C=O) groups is 1. The largest absolute Gasteiger partial charge is 0.385 e. The van der Waals surface area contributed by atoms with Crippen LogP contribution < -0.4 is 5.32 Å². The molecule has 1 aliphatic rings. The second kappa shape index (κ2) is 7.18. The van der Waals surface area contributed by atoms with E-state index in [2.05, 4.69) is 10.4 Å². The van der Waals surface area contributed by atoms with Crippen molar-refractivity contribution in [1.82, 2.24) is 15.1 Å². The molecule has 3 rings (SSSR count). The lowest BCUT2D eigenvalue weighted by molar-refractivity contribution is -0.127. The monoisotopic (exact) mass is 327 g/mol. The first kappa shape index (κ1) is 16.7. The summed E-state index contributed by atoms with van der Waals surface area (Å²) in [6.45, 7) is 1.69. The van der Waals surface area contributed by atoms with Crippen LogP contribution in [0.15, 0.2) is 48.8 Å². The predicted molar refractivity (Wildman–Crippen MR) is 92.3 cm³/mol. The molecule has 1 saturated carbocycles. The average molecular weight is 327 g/mol. The van der Waals surface area contributed by atoms with Crippen molar-refractivity contribution in [1.29, 1.82) is 0 Å². The zero-order chi connectivity index (χ0) is 17.0. The Balaban J connectivity index is 1.65. The molecule has 128 valence electrons. The first-order chi connectivity index (χ1) is 11.6. The third kappa shape index (κ3) is 3.85. The Hall–Kier alpha value is -2.14.